The van der Waals surface area contributed by atoms with Crippen LogP contribution in [0.5, 0.6) is 5.75 Å². The van der Waals surface area contributed by atoms with Crippen LogP contribution in [-0.4, -0.2) is 21.7 Å². The predicted molar refractivity (Wildman–Crippen MR) is 103 cm³/mol. The molecule has 1 unspecified atom stereocenters. The third-order valence-electron chi connectivity index (χ3n) is 4.41. The van der Waals surface area contributed by atoms with Crippen LogP contribution in [0.2, 0.25) is 0 Å². The number of hydrogen-bond acceptors (Lipinski definition) is 4. The second-order valence-electron chi connectivity index (χ2n) is 6.13. The van der Waals surface area contributed by atoms with Crippen LogP contribution in [-0.2, 0) is 0 Å². The van der Waals surface area contributed by atoms with E-state index in [4.69, 9.17) is 9.72 Å². The van der Waals surface area contributed by atoms with Gasteiger partial charge in [-0.3, -0.25) is 0 Å². The minimum absolute atomic E-state index is 0.148. The van der Waals surface area contributed by atoms with E-state index in [2.05, 4.69) is 29.5 Å². The number of benzene rings is 2. The Kier molecular flexibility index (Phi) is 4.27. The first-order valence-electron chi connectivity index (χ1n) is 8.55. The van der Waals surface area contributed by atoms with Crippen LogP contribution in [0.1, 0.15) is 18.5 Å². The maximum absolute atomic E-state index is 5.24. The normalized spacial score (nSPS) is 12.1. The summed E-state index contributed by atoms with van der Waals surface area (Å²) in [5.74, 6) is 1.73. The van der Waals surface area contributed by atoms with Gasteiger partial charge in [-0.15, -0.1) is 0 Å². The summed E-state index contributed by atoms with van der Waals surface area (Å²) >= 11 is 0. The third kappa shape index (κ3) is 3.11. The summed E-state index contributed by atoms with van der Waals surface area (Å²) in [6.07, 6.45) is 1.76. The molecule has 0 bridgehead atoms. The minimum atomic E-state index is 0.148. The van der Waals surface area contributed by atoms with Crippen LogP contribution in [0.15, 0.2) is 72.9 Å². The zero-order chi connectivity index (χ0) is 17.9. The van der Waals surface area contributed by atoms with E-state index in [0.717, 1.165) is 28.5 Å². The van der Waals surface area contributed by atoms with Gasteiger partial charge in [0, 0.05) is 23.7 Å². The topological polar surface area (TPSA) is 51.5 Å². The fraction of sp³-hybridized carbons (Fsp3) is 0.143. The van der Waals surface area contributed by atoms with E-state index >= 15 is 0 Å². The Bertz CT molecular complexity index is 1010. The standard InChI is InChI=1S/C21H20N4O/c1-15(16-6-4-3-5-7-16)23-21-14-19(24-20-12-13-22-25(20)21)17-8-10-18(26-2)11-9-17/h3-15,23H,1-2H3. The maximum Gasteiger partial charge on any atom is 0.157 e. The molecule has 2 aromatic carbocycles. The lowest BCUT2D eigenvalue weighted by Gasteiger charge is -2.17. The molecule has 5 nitrogen and oxygen atoms in total. The zero-order valence-electron chi connectivity index (χ0n) is 14.8. The van der Waals surface area contributed by atoms with Gasteiger partial charge in [0.25, 0.3) is 0 Å². The molecule has 1 atom stereocenters. The summed E-state index contributed by atoms with van der Waals surface area (Å²) in [7, 11) is 1.67. The van der Waals surface area contributed by atoms with Gasteiger partial charge in [-0.1, -0.05) is 30.3 Å². The van der Waals surface area contributed by atoms with Crippen LogP contribution in [0.25, 0.3) is 16.9 Å². The first-order chi connectivity index (χ1) is 12.7. The third-order valence-corrected chi connectivity index (χ3v) is 4.41. The van der Waals surface area contributed by atoms with Crippen molar-refractivity contribution in [3.63, 3.8) is 0 Å². The number of nitrogens with one attached hydrogen (secondary N) is 1. The highest BCUT2D eigenvalue weighted by Crippen LogP contribution is 2.26. The van der Waals surface area contributed by atoms with Gasteiger partial charge in [-0.25, -0.2) is 4.98 Å². The quantitative estimate of drug-likeness (QED) is 0.576. The Balaban J connectivity index is 1.72. The Morgan fingerprint density at radius 1 is 1.00 bits per heavy atom. The Morgan fingerprint density at radius 3 is 2.50 bits per heavy atom. The highest BCUT2D eigenvalue weighted by atomic mass is 16.5. The summed E-state index contributed by atoms with van der Waals surface area (Å²) < 4.78 is 7.07. The molecule has 4 rings (SSSR count). The van der Waals surface area contributed by atoms with Crippen molar-refractivity contribution < 1.29 is 4.74 Å². The molecule has 0 aliphatic rings. The number of fused-ring (bicyclic) bond motifs is 1. The summed E-state index contributed by atoms with van der Waals surface area (Å²) in [5.41, 5.74) is 3.95. The van der Waals surface area contributed by atoms with E-state index in [0.29, 0.717) is 0 Å². The largest absolute Gasteiger partial charge is 0.497 e. The molecule has 0 aliphatic heterocycles. The van der Waals surface area contributed by atoms with Crippen molar-refractivity contribution >= 4 is 11.5 Å². The van der Waals surface area contributed by atoms with Gasteiger partial charge in [0.2, 0.25) is 0 Å². The second kappa shape index (κ2) is 6.88. The number of hydrogen-bond donors (Lipinski definition) is 1. The van der Waals surface area contributed by atoms with Crippen LogP contribution < -0.4 is 10.1 Å². The van der Waals surface area contributed by atoms with Gasteiger partial charge >= 0.3 is 0 Å². The lowest BCUT2D eigenvalue weighted by Crippen LogP contribution is -2.11. The average Bonchev–Trinajstić information content (AvgIpc) is 3.17. The van der Waals surface area contributed by atoms with E-state index in [1.807, 2.05) is 59.1 Å². The lowest BCUT2D eigenvalue weighted by atomic mass is 10.1. The molecule has 0 amide bonds. The van der Waals surface area contributed by atoms with Crippen molar-refractivity contribution in [1.29, 1.82) is 0 Å². The lowest BCUT2D eigenvalue weighted by molar-refractivity contribution is 0.415. The van der Waals surface area contributed by atoms with Gasteiger partial charge < -0.3 is 10.1 Å². The molecule has 4 aromatic rings. The monoisotopic (exact) mass is 344 g/mol. The Hall–Kier alpha value is -3.34. The molecular formula is C21H20N4O. The maximum atomic E-state index is 5.24. The summed E-state index contributed by atoms with van der Waals surface area (Å²) in [6, 6.07) is 22.3. The molecule has 0 fully saturated rings. The van der Waals surface area contributed by atoms with Crippen LogP contribution in [0.4, 0.5) is 5.82 Å². The predicted octanol–water partition coefficient (Wildman–Crippen LogP) is 4.58. The van der Waals surface area contributed by atoms with Crippen molar-refractivity contribution in [2.45, 2.75) is 13.0 Å². The average molecular weight is 344 g/mol. The SMILES string of the molecule is COc1ccc(-c2cc(NC(C)c3ccccc3)n3nccc3n2)cc1. The number of ether oxygens (including phenoxy) is 1. The molecule has 2 aromatic heterocycles. The number of anilines is 1. The van der Waals surface area contributed by atoms with Gasteiger partial charge in [-0.2, -0.15) is 9.61 Å². The minimum Gasteiger partial charge on any atom is -0.497 e. The number of aromatic nitrogens is 3. The summed E-state index contributed by atoms with van der Waals surface area (Å²) in [4.78, 5) is 4.72. The van der Waals surface area contributed by atoms with E-state index in [-0.39, 0.29) is 6.04 Å². The van der Waals surface area contributed by atoms with Crippen molar-refractivity contribution in [2.75, 3.05) is 12.4 Å². The smallest absolute Gasteiger partial charge is 0.157 e. The number of nitrogens with zero attached hydrogens (tertiary/aromatic N) is 3. The van der Waals surface area contributed by atoms with E-state index in [1.165, 1.54) is 5.56 Å². The van der Waals surface area contributed by atoms with Crippen molar-refractivity contribution in [3.8, 4) is 17.0 Å². The van der Waals surface area contributed by atoms with Gasteiger partial charge in [0.1, 0.15) is 11.6 Å². The fourth-order valence-corrected chi connectivity index (χ4v) is 2.97. The van der Waals surface area contributed by atoms with Crippen molar-refractivity contribution in [3.05, 3.63) is 78.5 Å². The zero-order valence-corrected chi connectivity index (χ0v) is 14.8. The second-order valence-corrected chi connectivity index (χ2v) is 6.13. The van der Waals surface area contributed by atoms with Gasteiger partial charge in [-0.05, 0) is 36.8 Å². The van der Waals surface area contributed by atoms with Crippen molar-refractivity contribution in [1.82, 2.24) is 14.6 Å². The Morgan fingerprint density at radius 2 is 1.77 bits per heavy atom. The van der Waals surface area contributed by atoms with Crippen molar-refractivity contribution in [2.24, 2.45) is 0 Å². The molecule has 5 heteroatoms. The van der Waals surface area contributed by atoms with E-state index < -0.39 is 0 Å². The first-order valence-corrected chi connectivity index (χ1v) is 8.55. The summed E-state index contributed by atoms with van der Waals surface area (Å²) in [6.45, 7) is 2.14. The van der Waals surface area contributed by atoms with Crippen LogP contribution >= 0.6 is 0 Å². The molecule has 2 heterocycles. The molecule has 0 radical (unpaired) electrons. The highest BCUT2D eigenvalue weighted by molar-refractivity contribution is 5.67. The van der Waals surface area contributed by atoms with E-state index in [9.17, 15) is 0 Å². The number of methoxy groups -OCH3 is 1. The molecule has 0 saturated heterocycles. The van der Waals surface area contributed by atoms with Gasteiger partial charge in [0.15, 0.2) is 5.65 Å². The molecule has 26 heavy (non-hydrogen) atoms. The molecular weight excluding hydrogens is 324 g/mol. The van der Waals surface area contributed by atoms with Gasteiger partial charge in [0.05, 0.1) is 19.0 Å². The molecule has 0 spiro atoms. The molecule has 0 saturated carbocycles. The summed E-state index contributed by atoms with van der Waals surface area (Å²) in [5, 5.41) is 7.95. The molecule has 1 N–H and O–H groups in total. The fourth-order valence-electron chi connectivity index (χ4n) is 2.97. The van der Waals surface area contributed by atoms with E-state index in [1.54, 1.807) is 13.3 Å². The van der Waals surface area contributed by atoms with Crippen LogP contribution in [0.3, 0.4) is 0 Å². The number of rotatable bonds is 5. The molecule has 130 valence electrons. The van der Waals surface area contributed by atoms with Crippen LogP contribution in [0, 0.1) is 0 Å². The first kappa shape index (κ1) is 16.1. The Labute approximate surface area is 152 Å². The highest BCUT2D eigenvalue weighted by Gasteiger charge is 2.12. The molecule has 0 aliphatic carbocycles.